The van der Waals surface area contributed by atoms with Gasteiger partial charge in [0.15, 0.2) is 0 Å². The van der Waals surface area contributed by atoms with Crippen molar-refractivity contribution in [3.8, 4) is 0 Å². The predicted molar refractivity (Wildman–Crippen MR) is 76.6 cm³/mol. The van der Waals surface area contributed by atoms with Gasteiger partial charge in [0.2, 0.25) is 0 Å². The number of hydrogen-bond donors (Lipinski definition) is 2. The molecule has 0 atom stereocenters. The zero-order chi connectivity index (χ0) is 14.4. The van der Waals surface area contributed by atoms with Gasteiger partial charge in [-0.3, -0.25) is 0 Å². The van der Waals surface area contributed by atoms with Crippen molar-refractivity contribution in [1.82, 2.24) is 0 Å². The van der Waals surface area contributed by atoms with Crippen LogP contribution in [-0.2, 0) is 6.42 Å². The first kappa shape index (κ1) is 14.1. The minimum absolute atomic E-state index is 0.0373. The number of aromatic carboxylic acids is 1. The van der Waals surface area contributed by atoms with Crippen LogP contribution in [0.3, 0.4) is 0 Å². The van der Waals surface area contributed by atoms with Crippen molar-refractivity contribution in [3.05, 3.63) is 65.5 Å². The number of carboxylic acids is 1. The van der Waals surface area contributed by atoms with Crippen LogP contribution in [-0.4, -0.2) is 17.6 Å². The number of para-hydroxylation sites is 1. The number of halogens is 1. The third-order valence-electron chi connectivity index (χ3n) is 3.03. The molecule has 0 saturated heterocycles. The van der Waals surface area contributed by atoms with Crippen molar-refractivity contribution in [2.75, 3.05) is 11.9 Å². The highest BCUT2D eigenvalue weighted by Crippen LogP contribution is 2.19. The molecule has 2 rings (SSSR count). The summed E-state index contributed by atoms with van der Waals surface area (Å²) in [5.74, 6) is -1.67. The maximum Gasteiger partial charge on any atom is 0.337 e. The molecule has 0 aliphatic carbocycles. The van der Waals surface area contributed by atoms with Crippen molar-refractivity contribution >= 4 is 11.7 Å². The Bertz CT molecular complexity index is 584. The van der Waals surface area contributed by atoms with Gasteiger partial charge in [0.25, 0.3) is 0 Å². The fourth-order valence-electron chi connectivity index (χ4n) is 2.03. The van der Waals surface area contributed by atoms with Gasteiger partial charge in [-0.2, -0.15) is 0 Å². The van der Waals surface area contributed by atoms with E-state index in [2.05, 4.69) is 5.32 Å². The molecule has 0 heterocycles. The number of anilines is 1. The lowest BCUT2D eigenvalue weighted by Crippen LogP contribution is -2.10. The van der Waals surface area contributed by atoms with E-state index in [0.717, 1.165) is 12.8 Å². The number of rotatable bonds is 6. The Labute approximate surface area is 117 Å². The number of carbonyl (C=O) groups is 1. The molecule has 0 aliphatic heterocycles. The van der Waals surface area contributed by atoms with E-state index >= 15 is 0 Å². The first-order valence-corrected chi connectivity index (χ1v) is 6.48. The monoisotopic (exact) mass is 273 g/mol. The highest BCUT2D eigenvalue weighted by atomic mass is 19.1. The maximum absolute atomic E-state index is 13.6. The van der Waals surface area contributed by atoms with E-state index in [1.165, 1.54) is 23.8 Å². The van der Waals surface area contributed by atoms with Crippen LogP contribution < -0.4 is 5.32 Å². The Kier molecular flexibility index (Phi) is 4.71. The van der Waals surface area contributed by atoms with Gasteiger partial charge in [-0.25, -0.2) is 9.18 Å². The van der Waals surface area contributed by atoms with Crippen LogP contribution >= 0.6 is 0 Å². The average Bonchev–Trinajstić information content (AvgIpc) is 2.45. The molecule has 2 N–H and O–H groups in total. The summed E-state index contributed by atoms with van der Waals surface area (Å²) in [6, 6.07) is 14.0. The van der Waals surface area contributed by atoms with Crippen molar-refractivity contribution < 1.29 is 14.3 Å². The van der Waals surface area contributed by atoms with Gasteiger partial charge in [-0.1, -0.05) is 36.4 Å². The Balaban J connectivity index is 1.93. The molecule has 0 bridgehead atoms. The van der Waals surface area contributed by atoms with Gasteiger partial charge in [0, 0.05) is 6.54 Å². The number of nitrogens with one attached hydrogen (secondary N) is 1. The van der Waals surface area contributed by atoms with Crippen LogP contribution in [0.15, 0.2) is 48.5 Å². The molecule has 0 radical (unpaired) electrons. The summed E-state index contributed by atoms with van der Waals surface area (Å²) >= 11 is 0. The van der Waals surface area contributed by atoms with Gasteiger partial charge >= 0.3 is 5.97 Å². The summed E-state index contributed by atoms with van der Waals surface area (Å²) in [7, 11) is 0. The molecule has 0 spiro atoms. The van der Waals surface area contributed by atoms with Crippen LogP contribution in [0.1, 0.15) is 22.3 Å². The molecule has 20 heavy (non-hydrogen) atoms. The molecular weight excluding hydrogens is 257 g/mol. The van der Waals surface area contributed by atoms with Crippen LogP contribution in [0, 0.1) is 5.82 Å². The Hall–Kier alpha value is -2.36. The lowest BCUT2D eigenvalue weighted by atomic mass is 10.1. The van der Waals surface area contributed by atoms with Gasteiger partial charge in [0.05, 0.1) is 11.3 Å². The van der Waals surface area contributed by atoms with Crippen LogP contribution in [0.5, 0.6) is 0 Å². The third-order valence-corrected chi connectivity index (χ3v) is 3.03. The molecular formula is C16H16FNO2. The highest BCUT2D eigenvalue weighted by molar-refractivity contribution is 5.94. The summed E-state index contributed by atoms with van der Waals surface area (Å²) < 4.78 is 13.6. The van der Waals surface area contributed by atoms with E-state index in [0.29, 0.717) is 6.54 Å². The normalized spacial score (nSPS) is 10.2. The first-order valence-electron chi connectivity index (χ1n) is 6.48. The van der Waals surface area contributed by atoms with E-state index in [1.54, 1.807) is 0 Å². The van der Waals surface area contributed by atoms with E-state index in [4.69, 9.17) is 5.11 Å². The summed E-state index contributed by atoms with van der Waals surface area (Å²) in [6.45, 7) is 0.524. The third kappa shape index (κ3) is 3.57. The number of carboxylic acid groups (broad SMARTS) is 1. The van der Waals surface area contributed by atoms with Crippen LogP contribution in [0.25, 0.3) is 0 Å². The smallest absolute Gasteiger partial charge is 0.337 e. The Morgan fingerprint density at radius 2 is 1.85 bits per heavy atom. The fourth-order valence-corrected chi connectivity index (χ4v) is 2.03. The summed E-state index contributed by atoms with van der Waals surface area (Å²) in [4.78, 5) is 11.0. The molecule has 2 aromatic carbocycles. The zero-order valence-electron chi connectivity index (χ0n) is 11.0. The standard InChI is InChI=1S/C16H16FNO2/c17-14-10-4-9-13(16(19)20)15(14)18-11-5-8-12-6-2-1-3-7-12/h1-4,6-7,9-10,18H,5,8,11H2,(H,19,20). The lowest BCUT2D eigenvalue weighted by molar-refractivity contribution is 0.0697. The molecule has 0 aromatic heterocycles. The van der Waals surface area contributed by atoms with Crippen LogP contribution in [0.2, 0.25) is 0 Å². The summed E-state index contributed by atoms with van der Waals surface area (Å²) in [6.07, 6.45) is 1.67. The van der Waals surface area contributed by atoms with E-state index in [9.17, 15) is 9.18 Å². The second-order valence-electron chi connectivity index (χ2n) is 4.48. The Morgan fingerprint density at radius 1 is 1.10 bits per heavy atom. The molecule has 0 amide bonds. The quantitative estimate of drug-likeness (QED) is 0.791. The van der Waals surface area contributed by atoms with Gasteiger partial charge in [-0.05, 0) is 30.5 Å². The van der Waals surface area contributed by atoms with Crippen LogP contribution in [0.4, 0.5) is 10.1 Å². The number of aryl methyl sites for hydroxylation is 1. The average molecular weight is 273 g/mol. The molecule has 3 nitrogen and oxygen atoms in total. The van der Waals surface area contributed by atoms with Gasteiger partial charge in [-0.15, -0.1) is 0 Å². The highest BCUT2D eigenvalue weighted by Gasteiger charge is 2.13. The molecule has 0 fully saturated rings. The summed E-state index contributed by atoms with van der Waals surface area (Å²) in [5.41, 5.74) is 1.24. The second kappa shape index (κ2) is 6.70. The fraction of sp³-hybridized carbons (Fsp3) is 0.188. The molecule has 2 aromatic rings. The molecule has 4 heteroatoms. The van der Waals surface area contributed by atoms with Crippen molar-refractivity contribution in [1.29, 1.82) is 0 Å². The first-order chi connectivity index (χ1) is 9.68. The lowest BCUT2D eigenvalue weighted by Gasteiger charge is -2.10. The second-order valence-corrected chi connectivity index (χ2v) is 4.48. The molecule has 0 saturated carbocycles. The molecule has 0 aliphatic rings. The van der Waals surface area contributed by atoms with E-state index < -0.39 is 11.8 Å². The minimum Gasteiger partial charge on any atom is -0.478 e. The molecule has 0 unspecified atom stereocenters. The number of benzene rings is 2. The number of hydrogen-bond acceptors (Lipinski definition) is 2. The molecule has 104 valence electrons. The van der Waals surface area contributed by atoms with Crippen molar-refractivity contribution in [2.45, 2.75) is 12.8 Å². The van der Waals surface area contributed by atoms with E-state index in [1.807, 2.05) is 30.3 Å². The van der Waals surface area contributed by atoms with Gasteiger partial charge < -0.3 is 10.4 Å². The van der Waals surface area contributed by atoms with Gasteiger partial charge in [0.1, 0.15) is 5.82 Å². The Morgan fingerprint density at radius 3 is 2.55 bits per heavy atom. The van der Waals surface area contributed by atoms with Crippen molar-refractivity contribution in [2.24, 2.45) is 0 Å². The minimum atomic E-state index is -1.13. The maximum atomic E-state index is 13.6. The topological polar surface area (TPSA) is 49.3 Å². The zero-order valence-corrected chi connectivity index (χ0v) is 11.0. The largest absolute Gasteiger partial charge is 0.478 e. The summed E-state index contributed by atoms with van der Waals surface area (Å²) in [5, 5.41) is 11.9. The van der Waals surface area contributed by atoms with Crippen molar-refractivity contribution in [3.63, 3.8) is 0 Å². The SMILES string of the molecule is O=C(O)c1cccc(F)c1NCCCc1ccccc1. The predicted octanol–water partition coefficient (Wildman–Crippen LogP) is 3.57. The van der Waals surface area contributed by atoms with E-state index in [-0.39, 0.29) is 11.3 Å².